The molecule has 1 aromatic rings. The standard InChI is InChI=1S/C18H29NO/c1-2-7-15-8-6-11-17(13-12-15)19-18(14-20)16-9-4-3-5-10-16/h3-5,9-10,15,17-20H,2,6-8,11-14H2,1H3/t15?,17?,18-/m1/s1. The molecule has 3 atom stereocenters. The highest BCUT2D eigenvalue weighted by molar-refractivity contribution is 5.19. The molecule has 2 unspecified atom stereocenters. The second-order valence-electron chi connectivity index (χ2n) is 6.17. The van der Waals surface area contributed by atoms with Crippen LogP contribution in [0.5, 0.6) is 0 Å². The molecule has 0 aromatic heterocycles. The average molecular weight is 275 g/mol. The largest absolute Gasteiger partial charge is 0.394 e. The summed E-state index contributed by atoms with van der Waals surface area (Å²) in [6.07, 6.45) is 9.27. The Morgan fingerprint density at radius 3 is 2.65 bits per heavy atom. The molecule has 1 saturated carbocycles. The highest BCUT2D eigenvalue weighted by Gasteiger charge is 2.21. The van der Waals surface area contributed by atoms with Gasteiger partial charge in [-0.3, -0.25) is 0 Å². The number of nitrogens with one attached hydrogen (secondary N) is 1. The Kier molecular flexibility index (Phi) is 6.55. The van der Waals surface area contributed by atoms with E-state index in [9.17, 15) is 5.11 Å². The van der Waals surface area contributed by atoms with Gasteiger partial charge in [-0.25, -0.2) is 0 Å². The summed E-state index contributed by atoms with van der Waals surface area (Å²) in [6.45, 7) is 2.47. The Labute approximate surface area is 123 Å². The van der Waals surface area contributed by atoms with Gasteiger partial charge in [-0.05, 0) is 30.7 Å². The van der Waals surface area contributed by atoms with Gasteiger partial charge >= 0.3 is 0 Å². The van der Waals surface area contributed by atoms with Crippen LogP contribution in [0.15, 0.2) is 30.3 Å². The Morgan fingerprint density at radius 1 is 1.15 bits per heavy atom. The summed E-state index contributed by atoms with van der Waals surface area (Å²) in [6, 6.07) is 11.0. The van der Waals surface area contributed by atoms with E-state index in [-0.39, 0.29) is 12.6 Å². The number of aliphatic hydroxyl groups excluding tert-OH is 1. The van der Waals surface area contributed by atoms with Crippen LogP contribution >= 0.6 is 0 Å². The van der Waals surface area contributed by atoms with Crippen LogP contribution in [0.3, 0.4) is 0 Å². The van der Waals surface area contributed by atoms with Gasteiger partial charge in [-0.1, -0.05) is 62.9 Å². The lowest BCUT2D eigenvalue weighted by atomic mass is 9.95. The molecule has 0 bridgehead atoms. The van der Waals surface area contributed by atoms with Crippen LogP contribution < -0.4 is 5.32 Å². The zero-order valence-corrected chi connectivity index (χ0v) is 12.7. The normalized spacial score (nSPS) is 25.1. The van der Waals surface area contributed by atoms with E-state index < -0.39 is 0 Å². The van der Waals surface area contributed by atoms with Crippen LogP contribution in [0.1, 0.15) is 63.5 Å². The smallest absolute Gasteiger partial charge is 0.0626 e. The minimum absolute atomic E-state index is 0.0870. The Bertz CT molecular complexity index is 365. The van der Waals surface area contributed by atoms with Crippen LogP contribution in [-0.2, 0) is 0 Å². The number of hydrogen-bond acceptors (Lipinski definition) is 2. The van der Waals surface area contributed by atoms with E-state index in [0.717, 1.165) is 5.92 Å². The number of hydrogen-bond donors (Lipinski definition) is 2. The first-order valence-electron chi connectivity index (χ1n) is 8.25. The van der Waals surface area contributed by atoms with Crippen LogP contribution in [0.2, 0.25) is 0 Å². The fourth-order valence-electron chi connectivity index (χ4n) is 3.47. The summed E-state index contributed by atoms with van der Waals surface area (Å²) >= 11 is 0. The molecule has 1 aliphatic carbocycles. The monoisotopic (exact) mass is 275 g/mol. The SMILES string of the molecule is CCCC1CCCC(N[C@H](CO)c2ccccc2)CC1. The van der Waals surface area contributed by atoms with Crippen LogP contribution in [0.25, 0.3) is 0 Å². The van der Waals surface area contributed by atoms with E-state index >= 15 is 0 Å². The van der Waals surface area contributed by atoms with Crippen molar-refractivity contribution in [1.82, 2.24) is 5.32 Å². The van der Waals surface area contributed by atoms with Crippen molar-refractivity contribution in [3.05, 3.63) is 35.9 Å². The number of benzene rings is 1. The molecular weight excluding hydrogens is 246 g/mol. The molecule has 0 aliphatic heterocycles. The molecule has 2 rings (SSSR count). The van der Waals surface area contributed by atoms with E-state index in [4.69, 9.17) is 0 Å². The molecular formula is C18H29NO. The second-order valence-corrected chi connectivity index (χ2v) is 6.17. The number of rotatable bonds is 6. The van der Waals surface area contributed by atoms with E-state index in [0.29, 0.717) is 6.04 Å². The van der Waals surface area contributed by atoms with E-state index in [2.05, 4.69) is 24.4 Å². The Morgan fingerprint density at radius 2 is 1.95 bits per heavy atom. The van der Waals surface area contributed by atoms with Gasteiger partial charge in [0.2, 0.25) is 0 Å². The van der Waals surface area contributed by atoms with Gasteiger partial charge in [0.05, 0.1) is 12.6 Å². The van der Waals surface area contributed by atoms with Crippen LogP contribution in [0.4, 0.5) is 0 Å². The minimum atomic E-state index is 0.0870. The molecule has 20 heavy (non-hydrogen) atoms. The molecule has 112 valence electrons. The van der Waals surface area contributed by atoms with Gasteiger partial charge in [0, 0.05) is 6.04 Å². The van der Waals surface area contributed by atoms with Crippen molar-refractivity contribution < 1.29 is 5.11 Å². The van der Waals surface area contributed by atoms with E-state index in [1.165, 1.54) is 50.5 Å². The quantitative estimate of drug-likeness (QED) is 0.767. The lowest BCUT2D eigenvalue weighted by Gasteiger charge is -2.24. The Hall–Kier alpha value is -0.860. The zero-order valence-electron chi connectivity index (χ0n) is 12.7. The van der Waals surface area contributed by atoms with Crippen molar-refractivity contribution in [3.8, 4) is 0 Å². The molecule has 0 amide bonds. The lowest BCUT2D eigenvalue weighted by Crippen LogP contribution is -2.34. The van der Waals surface area contributed by atoms with Gasteiger partial charge in [0.15, 0.2) is 0 Å². The fraction of sp³-hybridized carbons (Fsp3) is 0.667. The summed E-state index contributed by atoms with van der Waals surface area (Å²) in [4.78, 5) is 0. The lowest BCUT2D eigenvalue weighted by molar-refractivity contribution is 0.227. The zero-order chi connectivity index (χ0) is 14.2. The maximum Gasteiger partial charge on any atom is 0.0626 e. The summed E-state index contributed by atoms with van der Waals surface area (Å²) in [5, 5.41) is 13.3. The molecule has 1 fully saturated rings. The van der Waals surface area contributed by atoms with E-state index in [1.54, 1.807) is 0 Å². The average Bonchev–Trinajstić information content (AvgIpc) is 2.71. The van der Waals surface area contributed by atoms with Crippen molar-refractivity contribution in [1.29, 1.82) is 0 Å². The molecule has 0 saturated heterocycles. The van der Waals surface area contributed by atoms with Crippen molar-refractivity contribution in [2.24, 2.45) is 5.92 Å². The highest BCUT2D eigenvalue weighted by Crippen LogP contribution is 2.28. The van der Waals surface area contributed by atoms with Gasteiger partial charge in [0.25, 0.3) is 0 Å². The predicted molar refractivity (Wildman–Crippen MR) is 84.7 cm³/mol. The maximum absolute atomic E-state index is 9.65. The topological polar surface area (TPSA) is 32.3 Å². The third-order valence-electron chi connectivity index (χ3n) is 4.61. The number of aliphatic hydroxyl groups is 1. The highest BCUT2D eigenvalue weighted by atomic mass is 16.3. The molecule has 1 aliphatic rings. The Balaban J connectivity index is 1.88. The van der Waals surface area contributed by atoms with Gasteiger partial charge in [-0.2, -0.15) is 0 Å². The van der Waals surface area contributed by atoms with E-state index in [1.807, 2.05) is 18.2 Å². The predicted octanol–water partition coefficient (Wildman–Crippen LogP) is 4.06. The molecule has 1 aromatic carbocycles. The summed E-state index contributed by atoms with van der Waals surface area (Å²) in [7, 11) is 0. The second kappa shape index (κ2) is 8.43. The molecule has 2 N–H and O–H groups in total. The van der Waals surface area contributed by atoms with Gasteiger partial charge < -0.3 is 10.4 Å². The summed E-state index contributed by atoms with van der Waals surface area (Å²) < 4.78 is 0. The van der Waals surface area contributed by atoms with Crippen LogP contribution in [-0.4, -0.2) is 17.8 Å². The van der Waals surface area contributed by atoms with Crippen molar-refractivity contribution in [2.75, 3.05) is 6.61 Å². The molecule has 2 heteroatoms. The fourth-order valence-corrected chi connectivity index (χ4v) is 3.47. The first-order chi connectivity index (χ1) is 9.83. The molecule has 2 nitrogen and oxygen atoms in total. The molecule has 0 heterocycles. The minimum Gasteiger partial charge on any atom is -0.394 e. The first kappa shape index (κ1) is 15.5. The van der Waals surface area contributed by atoms with Crippen molar-refractivity contribution in [3.63, 3.8) is 0 Å². The maximum atomic E-state index is 9.65. The first-order valence-corrected chi connectivity index (χ1v) is 8.25. The molecule has 0 radical (unpaired) electrons. The molecule has 0 spiro atoms. The summed E-state index contributed by atoms with van der Waals surface area (Å²) in [5.74, 6) is 0.927. The van der Waals surface area contributed by atoms with Gasteiger partial charge in [0.1, 0.15) is 0 Å². The van der Waals surface area contributed by atoms with Crippen molar-refractivity contribution in [2.45, 2.75) is 64.0 Å². The third-order valence-corrected chi connectivity index (χ3v) is 4.61. The van der Waals surface area contributed by atoms with Gasteiger partial charge in [-0.15, -0.1) is 0 Å². The third kappa shape index (κ3) is 4.60. The van der Waals surface area contributed by atoms with Crippen LogP contribution in [0, 0.1) is 5.92 Å². The van der Waals surface area contributed by atoms with Crippen molar-refractivity contribution >= 4 is 0 Å². The summed E-state index contributed by atoms with van der Waals surface area (Å²) in [5.41, 5.74) is 1.20.